The average molecular weight is 284 g/mol. The fourth-order valence-corrected chi connectivity index (χ4v) is 2.01. The molecule has 1 fully saturated rings. The monoisotopic (exact) mass is 284 g/mol. The van der Waals surface area contributed by atoms with Crippen LogP contribution in [0.2, 0.25) is 0 Å². The van der Waals surface area contributed by atoms with Gasteiger partial charge in [-0.1, -0.05) is 0 Å². The first-order chi connectivity index (χ1) is 8.23. The number of carboxylic acids is 1. The minimum Gasteiger partial charge on any atom is -0.478 e. The molecule has 2 unspecified atom stereocenters. The second-order valence-corrected chi connectivity index (χ2v) is 4.90. The minimum absolute atomic E-state index is 0.481. The van der Waals surface area contributed by atoms with Crippen molar-refractivity contribution >= 4 is 18.6 Å². The maximum Gasteiger partial charge on any atom is 0.346 e. The first kappa shape index (κ1) is 15.6. The van der Waals surface area contributed by atoms with Crippen LogP contribution < -0.4 is 0 Å². The van der Waals surface area contributed by atoms with Gasteiger partial charge in [0.1, 0.15) is 24.4 Å². The summed E-state index contributed by atoms with van der Waals surface area (Å²) in [7, 11) is 0. The van der Waals surface area contributed by atoms with Gasteiger partial charge >= 0.3 is 5.97 Å². The average Bonchev–Trinajstić information content (AvgIpc) is 2.31. The van der Waals surface area contributed by atoms with Gasteiger partial charge in [0, 0.05) is 6.42 Å². The fourth-order valence-electron chi connectivity index (χ4n) is 1.70. The Bertz CT molecular complexity index is 313. The predicted octanol–water partition coefficient (Wildman–Crippen LogP) is -3.08. The Hall–Kier alpha value is -0.420. The summed E-state index contributed by atoms with van der Waals surface area (Å²) < 4.78 is 4.94. The van der Waals surface area contributed by atoms with Crippen molar-refractivity contribution in [2.75, 3.05) is 6.61 Å². The molecular weight excluding hydrogens is 268 g/mol. The third-order valence-corrected chi connectivity index (χ3v) is 3.28. The molecule has 106 valence electrons. The van der Waals surface area contributed by atoms with Gasteiger partial charge in [-0.25, -0.2) is 4.79 Å². The molecule has 0 aromatic rings. The molecule has 0 radical (unpaired) electrons. The molecule has 1 rings (SSSR count). The van der Waals surface area contributed by atoms with Crippen LogP contribution in [-0.2, 0) is 9.53 Å². The van der Waals surface area contributed by atoms with Gasteiger partial charge < -0.3 is 35.4 Å². The van der Waals surface area contributed by atoms with Crippen LogP contribution in [0.4, 0.5) is 0 Å². The van der Waals surface area contributed by atoms with E-state index in [1.54, 1.807) is 0 Å². The molecule has 9 heteroatoms. The molecule has 6 atom stereocenters. The topological polar surface area (TPSA) is 148 Å². The Morgan fingerprint density at radius 2 is 2.00 bits per heavy atom. The van der Waals surface area contributed by atoms with Gasteiger partial charge in [-0.05, 0) is 0 Å². The molecule has 0 bridgehead atoms. The third-order valence-electron chi connectivity index (χ3n) is 2.80. The minimum atomic E-state index is -2.08. The van der Waals surface area contributed by atoms with Gasteiger partial charge in [-0.2, -0.15) is 0 Å². The molecule has 0 aromatic carbocycles. The summed E-state index contributed by atoms with van der Waals surface area (Å²) in [5.74, 6) is -1.49. The van der Waals surface area contributed by atoms with Crippen LogP contribution in [0.1, 0.15) is 6.42 Å². The zero-order chi connectivity index (χ0) is 14.1. The van der Waals surface area contributed by atoms with Crippen LogP contribution in [0.25, 0.3) is 0 Å². The number of aliphatic hydroxyl groups excluding tert-OH is 5. The molecule has 0 spiro atoms. The first-order valence-corrected chi connectivity index (χ1v) is 5.64. The second kappa shape index (κ2) is 5.70. The highest BCUT2D eigenvalue weighted by Crippen LogP contribution is 2.34. The highest BCUT2D eigenvalue weighted by molar-refractivity contribution is 7.82. The number of aliphatic carboxylic acids is 1. The molecule has 0 aliphatic carbocycles. The predicted molar refractivity (Wildman–Crippen MR) is 60.0 cm³/mol. The summed E-state index contributed by atoms with van der Waals surface area (Å²) in [6.07, 6.45) is -8.54. The van der Waals surface area contributed by atoms with Crippen molar-refractivity contribution in [3.8, 4) is 0 Å². The lowest BCUT2D eigenvalue weighted by Gasteiger charge is -2.42. The molecule has 1 heterocycles. The summed E-state index contributed by atoms with van der Waals surface area (Å²) >= 11 is 3.75. The number of thiol groups is 1. The standard InChI is InChI=1S/C9H16O8S/c10-2-4(12)6(14)7-5(13)3(11)1-9(18,17-7)8(15)16/h3-7,10-14,18H,1-2H2,(H,15,16)/t3?,4-,5-,6-,7?,9+/m1/s1. The molecule has 0 aromatic heterocycles. The number of rotatable bonds is 4. The van der Waals surface area contributed by atoms with Crippen molar-refractivity contribution in [2.24, 2.45) is 0 Å². The summed E-state index contributed by atoms with van der Waals surface area (Å²) in [6.45, 7) is -0.809. The molecule has 0 amide bonds. The Labute approximate surface area is 108 Å². The van der Waals surface area contributed by atoms with E-state index in [4.69, 9.17) is 14.9 Å². The third kappa shape index (κ3) is 2.94. The van der Waals surface area contributed by atoms with Gasteiger partial charge in [0.05, 0.1) is 12.7 Å². The molecular formula is C9H16O8S. The summed E-state index contributed by atoms with van der Waals surface area (Å²) in [6, 6.07) is 0. The molecule has 1 aliphatic rings. The normalized spacial score (nSPS) is 40.2. The van der Waals surface area contributed by atoms with Crippen LogP contribution in [0, 0.1) is 0 Å². The van der Waals surface area contributed by atoms with Gasteiger partial charge in [0.2, 0.25) is 4.93 Å². The van der Waals surface area contributed by atoms with E-state index >= 15 is 0 Å². The first-order valence-electron chi connectivity index (χ1n) is 5.19. The summed E-state index contributed by atoms with van der Waals surface area (Å²) in [4.78, 5) is 8.86. The van der Waals surface area contributed by atoms with Crippen molar-refractivity contribution in [3.63, 3.8) is 0 Å². The quantitative estimate of drug-likeness (QED) is 0.269. The SMILES string of the molecule is O=C(O)[C@@]1(S)CC(O)[C@@H](O)C([C@H](O)[C@H](O)CO)O1. The van der Waals surface area contributed by atoms with Crippen molar-refractivity contribution in [2.45, 2.75) is 41.9 Å². The van der Waals surface area contributed by atoms with Crippen LogP contribution >= 0.6 is 12.6 Å². The maximum absolute atomic E-state index is 10.9. The molecule has 18 heavy (non-hydrogen) atoms. The van der Waals surface area contributed by atoms with Gasteiger partial charge in [0.25, 0.3) is 0 Å². The highest BCUT2D eigenvalue weighted by Gasteiger charge is 2.52. The largest absolute Gasteiger partial charge is 0.478 e. The summed E-state index contributed by atoms with van der Waals surface area (Å²) in [5.41, 5.74) is 0. The van der Waals surface area contributed by atoms with Gasteiger partial charge in [-0.15, -0.1) is 12.6 Å². The van der Waals surface area contributed by atoms with E-state index in [9.17, 15) is 25.2 Å². The van der Waals surface area contributed by atoms with E-state index in [-0.39, 0.29) is 0 Å². The van der Waals surface area contributed by atoms with Gasteiger partial charge in [0.15, 0.2) is 0 Å². The van der Waals surface area contributed by atoms with Crippen molar-refractivity contribution in [1.29, 1.82) is 0 Å². The Balaban J connectivity index is 2.92. The Morgan fingerprint density at radius 3 is 2.44 bits per heavy atom. The molecule has 6 N–H and O–H groups in total. The molecule has 0 saturated carbocycles. The lowest BCUT2D eigenvalue weighted by molar-refractivity contribution is -0.230. The van der Waals surface area contributed by atoms with E-state index in [2.05, 4.69) is 12.6 Å². The Morgan fingerprint density at radius 1 is 1.44 bits per heavy atom. The van der Waals surface area contributed by atoms with E-state index in [1.165, 1.54) is 0 Å². The number of aliphatic hydroxyl groups is 5. The second-order valence-electron chi connectivity index (χ2n) is 4.17. The van der Waals surface area contributed by atoms with Crippen molar-refractivity contribution in [1.82, 2.24) is 0 Å². The van der Waals surface area contributed by atoms with Crippen LogP contribution in [0.5, 0.6) is 0 Å². The van der Waals surface area contributed by atoms with Crippen molar-refractivity contribution in [3.05, 3.63) is 0 Å². The smallest absolute Gasteiger partial charge is 0.346 e. The van der Waals surface area contributed by atoms with E-state index in [1.807, 2.05) is 0 Å². The number of carboxylic acid groups (broad SMARTS) is 1. The lowest BCUT2D eigenvalue weighted by atomic mass is 9.92. The zero-order valence-electron chi connectivity index (χ0n) is 9.25. The zero-order valence-corrected chi connectivity index (χ0v) is 10.1. The number of ether oxygens (including phenoxy) is 1. The maximum atomic E-state index is 10.9. The fraction of sp³-hybridized carbons (Fsp3) is 0.889. The van der Waals surface area contributed by atoms with Crippen LogP contribution in [0.15, 0.2) is 0 Å². The molecule has 1 aliphatic heterocycles. The molecule has 8 nitrogen and oxygen atoms in total. The highest BCUT2D eigenvalue weighted by atomic mass is 32.1. The van der Waals surface area contributed by atoms with E-state index in [0.717, 1.165) is 0 Å². The number of hydrogen-bond donors (Lipinski definition) is 7. The lowest BCUT2D eigenvalue weighted by Crippen LogP contribution is -2.61. The summed E-state index contributed by atoms with van der Waals surface area (Å²) in [5, 5.41) is 55.6. The number of carbonyl (C=O) groups is 1. The van der Waals surface area contributed by atoms with E-state index in [0.29, 0.717) is 0 Å². The van der Waals surface area contributed by atoms with Crippen molar-refractivity contribution < 1.29 is 40.2 Å². The van der Waals surface area contributed by atoms with Gasteiger partial charge in [-0.3, -0.25) is 0 Å². The van der Waals surface area contributed by atoms with Crippen LogP contribution in [0.3, 0.4) is 0 Å². The van der Waals surface area contributed by atoms with Crippen LogP contribution in [-0.4, -0.2) is 78.7 Å². The van der Waals surface area contributed by atoms with E-state index < -0.39 is 54.4 Å². The molecule has 1 saturated heterocycles. The number of hydrogen-bond acceptors (Lipinski definition) is 8. The Kier molecular flexibility index (Phi) is 4.95.